The molecule has 1 fully saturated rings. The number of hydrogen-bond donors (Lipinski definition) is 1. The third-order valence-electron chi connectivity index (χ3n) is 3.89. The van der Waals surface area contributed by atoms with Crippen LogP contribution in [0.3, 0.4) is 0 Å². The minimum atomic E-state index is -0.0910. The first-order valence-corrected chi connectivity index (χ1v) is 7.81. The minimum absolute atomic E-state index is 0.0225. The number of benzene rings is 1. The van der Waals surface area contributed by atoms with Crippen LogP contribution in [0.15, 0.2) is 30.3 Å². The second-order valence-corrected chi connectivity index (χ2v) is 5.63. The number of ether oxygens (including phenoxy) is 1. The molecule has 0 aliphatic carbocycles. The molecular weight excluding hydrogens is 280 g/mol. The fourth-order valence-electron chi connectivity index (χ4n) is 2.63. The standard InChI is InChI=1S/C17H24N2O3/c1-14(20)19-10-5-8-16(12-19)17(21)18-9-11-22-13-15-6-3-2-4-7-15/h2-4,6-7,16H,5,8-13H2,1H3,(H,18,21). The number of carbonyl (C=O) groups excluding carboxylic acids is 2. The number of piperidine rings is 1. The maximum atomic E-state index is 12.1. The molecule has 1 aliphatic heterocycles. The summed E-state index contributed by atoms with van der Waals surface area (Å²) < 4.78 is 5.54. The zero-order valence-corrected chi connectivity index (χ0v) is 13.1. The lowest BCUT2D eigenvalue weighted by molar-refractivity contribution is -0.134. The molecule has 0 bridgehead atoms. The van der Waals surface area contributed by atoms with Crippen LogP contribution in [0.25, 0.3) is 0 Å². The van der Waals surface area contributed by atoms with Gasteiger partial charge in [0.1, 0.15) is 0 Å². The first-order valence-electron chi connectivity index (χ1n) is 7.81. The van der Waals surface area contributed by atoms with Crippen molar-refractivity contribution in [1.29, 1.82) is 0 Å². The molecule has 22 heavy (non-hydrogen) atoms. The molecule has 1 aromatic carbocycles. The first kappa shape index (κ1) is 16.5. The first-order chi connectivity index (χ1) is 10.7. The predicted molar refractivity (Wildman–Crippen MR) is 84.1 cm³/mol. The van der Waals surface area contributed by atoms with E-state index in [0.717, 1.165) is 24.9 Å². The highest BCUT2D eigenvalue weighted by Crippen LogP contribution is 2.16. The van der Waals surface area contributed by atoms with Crippen LogP contribution in [0.5, 0.6) is 0 Å². The topological polar surface area (TPSA) is 58.6 Å². The van der Waals surface area contributed by atoms with Crippen LogP contribution in [-0.2, 0) is 20.9 Å². The monoisotopic (exact) mass is 304 g/mol. The molecular formula is C17H24N2O3. The van der Waals surface area contributed by atoms with Crippen molar-refractivity contribution in [3.63, 3.8) is 0 Å². The lowest BCUT2D eigenvalue weighted by Crippen LogP contribution is -2.45. The van der Waals surface area contributed by atoms with Crippen LogP contribution in [0.4, 0.5) is 0 Å². The molecule has 1 unspecified atom stereocenters. The van der Waals surface area contributed by atoms with E-state index in [1.54, 1.807) is 11.8 Å². The number of likely N-dealkylation sites (tertiary alicyclic amines) is 1. The van der Waals surface area contributed by atoms with Gasteiger partial charge in [0.15, 0.2) is 0 Å². The highest BCUT2D eigenvalue weighted by molar-refractivity contribution is 5.80. The summed E-state index contributed by atoms with van der Waals surface area (Å²) in [6.07, 6.45) is 1.74. The third kappa shape index (κ3) is 5.15. The molecule has 1 atom stereocenters. The Hall–Kier alpha value is -1.88. The maximum Gasteiger partial charge on any atom is 0.224 e. The molecule has 120 valence electrons. The van der Waals surface area contributed by atoms with Gasteiger partial charge in [-0.25, -0.2) is 0 Å². The van der Waals surface area contributed by atoms with E-state index in [4.69, 9.17) is 4.74 Å². The van der Waals surface area contributed by atoms with E-state index < -0.39 is 0 Å². The smallest absolute Gasteiger partial charge is 0.224 e. The zero-order chi connectivity index (χ0) is 15.8. The number of nitrogens with zero attached hydrogens (tertiary/aromatic N) is 1. The van der Waals surface area contributed by atoms with Crippen molar-refractivity contribution >= 4 is 11.8 Å². The maximum absolute atomic E-state index is 12.1. The van der Waals surface area contributed by atoms with Crippen LogP contribution in [0.2, 0.25) is 0 Å². The summed E-state index contributed by atoms with van der Waals surface area (Å²) in [7, 11) is 0. The van der Waals surface area contributed by atoms with E-state index in [-0.39, 0.29) is 17.7 Å². The molecule has 1 aliphatic rings. The van der Waals surface area contributed by atoms with Gasteiger partial charge in [-0.2, -0.15) is 0 Å². The Morgan fingerprint density at radius 1 is 1.32 bits per heavy atom. The van der Waals surface area contributed by atoms with Gasteiger partial charge in [0.2, 0.25) is 11.8 Å². The van der Waals surface area contributed by atoms with Gasteiger partial charge in [-0.1, -0.05) is 30.3 Å². The summed E-state index contributed by atoms with van der Waals surface area (Å²) in [6, 6.07) is 9.95. The van der Waals surface area contributed by atoms with Crippen molar-refractivity contribution in [2.45, 2.75) is 26.4 Å². The molecule has 1 N–H and O–H groups in total. The van der Waals surface area contributed by atoms with Crippen LogP contribution in [-0.4, -0.2) is 43.0 Å². The summed E-state index contributed by atoms with van der Waals surface area (Å²) in [6.45, 7) is 4.40. The largest absolute Gasteiger partial charge is 0.375 e. The molecule has 2 rings (SSSR count). The Balaban J connectivity index is 1.62. The number of rotatable bonds is 6. The van der Waals surface area contributed by atoms with Gasteiger partial charge in [-0.15, -0.1) is 0 Å². The number of nitrogens with one attached hydrogen (secondary N) is 1. The molecule has 1 aromatic rings. The lowest BCUT2D eigenvalue weighted by atomic mass is 9.97. The Morgan fingerprint density at radius 2 is 2.09 bits per heavy atom. The summed E-state index contributed by atoms with van der Waals surface area (Å²) >= 11 is 0. The Bertz CT molecular complexity index is 490. The van der Waals surface area contributed by atoms with Crippen molar-refractivity contribution in [3.8, 4) is 0 Å². The molecule has 1 heterocycles. The second-order valence-electron chi connectivity index (χ2n) is 5.63. The fraction of sp³-hybridized carbons (Fsp3) is 0.529. The second kappa shape index (κ2) is 8.54. The van der Waals surface area contributed by atoms with E-state index in [2.05, 4.69) is 5.32 Å². The minimum Gasteiger partial charge on any atom is -0.375 e. The molecule has 0 spiro atoms. The van der Waals surface area contributed by atoms with E-state index in [9.17, 15) is 9.59 Å². The highest BCUT2D eigenvalue weighted by atomic mass is 16.5. The normalized spacial score (nSPS) is 18.0. The molecule has 1 saturated heterocycles. The zero-order valence-electron chi connectivity index (χ0n) is 13.1. The van der Waals surface area contributed by atoms with Crippen LogP contribution < -0.4 is 5.32 Å². The number of amides is 2. The van der Waals surface area contributed by atoms with E-state index >= 15 is 0 Å². The van der Waals surface area contributed by atoms with Gasteiger partial charge >= 0.3 is 0 Å². The SMILES string of the molecule is CC(=O)N1CCCC(C(=O)NCCOCc2ccccc2)C1. The molecule has 5 heteroatoms. The van der Waals surface area contributed by atoms with Gasteiger partial charge in [0.05, 0.1) is 19.1 Å². The summed E-state index contributed by atoms with van der Waals surface area (Å²) in [5, 5.41) is 2.90. The average molecular weight is 304 g/mol. The van der Waals surface area contributed by atoms with Crippen molar-refractivity contribution in [3.05, 3.63) is 35.9 Å². The summed E-state index contributed by atoms with van der Waals surface area (Å²) in [5.74, 6) is -0.0234. The molecule has 0 aromatic heterocycles. The Morgan fingerprint density at radius 3 is 2.82 bits per heavy atom. The van der Waals surface area contributed by atoms with Crippen LogP contribution in [0, 0.1) is 5.92 Å². The summed E-state index contributed by atoms with van der Waals surface area (Å²) in [5.41, 5.74) is 1.12. The fourth-order valence-corrected chi connectivity index (χ4v) is 2.63. The molecule has 0 saturated carbocycles. The van der Waals surface area contributed by atoms with Gasteiger partial charge in [0, 0.05) is 26.6 Å². The number of hydrogen-bond acceptors (Lipinski definition) is 3. The molecule has 0 radical (unpaired) electrons. The molecule has 5 nitrogen and oxygen atoms in total. The van der Waals surface area contributed by atoms with Crippen molar-refractivity contribution in [1.82, 2.24) is 10.2 Å². The Kier molecular flexibility index (Phi) is 6.40. The van der Waals surface area contributed by atoms with E-state index in [1.165, 1.54) is 0 Å². The summed E-state index contributed by atoms with van der Waals surface area (Å²) in [4.78, 5) is 25.2. The van der Waals surface area contributed by atoms with Gasteiger partial charge < -0.3 is 15.0 Å². The van der Waals surface area contributed by atoms with Crippen molar-refractivity contribution in [2.75, 3.05) is 26.2 Å². The van der Waals surface area contributed by atoms with E-state index in [0.29, 0.717) is 26.3 Å². The van der Waals surface area contributed by atoms with E-state index in [1.807, 2.05) is 30.3 Å². The highest BCUT2D eigenvalue weighted by Gasteiger charge is 2.26. The van der Waals surface area contributed by atoms with Crippen LogP contribution in [0.1, 0.15) is 25.3 Å². The number of carbonyl (C=O) groups is 2. The van der Waals surface area contributed by atoms with Gasteiger partial charge in [-0.3, -0.25) is 9.59 Å². The van der Waals surface area contributed by atoms with Gasteiger partial charge in [-0.05, 0) is 18.4 Å². The van der Waals surface area contributed by atoms with Crippen LogP contribution >= 0.6 is 0 Å². The lowest BCUT2D eigenvalue weighted by Gasteiger charge is -2.31. The van der Waals surface area contributed by atoms with Gasteiger partial charge in [0.25, 0.3) is 0 Å². The van der Waals surface area contributed by atoms with Crippen molar-refractivity contribution in [2.24, 2.45) is 5.92 Å². The predicted octanol–water partition coefficient (Wildman–Crippen LogP) is 1.58. The average Bonchev–Trinajstić information content (AvgIpc) is 2.55. The Labute approximate surface area is 131 Å². The quantitative estimate of drug-likeness (QED) is 0.812. The molecule has 2 amide bonds. The third-order valence-corrected chi connectivity index (χ3v) is 3.89. The van der Waals surface area contributed by atoms with Crippen molar-refractivity contribution < 1.29 is 14.3 Å².